The molecule has 4 nitrogen and oxygen atoms in total. The minimum Gasteiger partial charge on any atom is -0.478 e. The fraction of sp³-hybridized carbons (Fsp3) is 0.111. The molecule has 0 amide bonds. The van der Waals surface area contributed by atoms with Gasteiger partial charge in [-0.25, -0.2) is 9.18 Å². The SMILES string of the molecule is CC1(c2ccc(Cl)cc2F)C=C(c2ncccc2C(=O)O)C=CN1. The van der Waals surface area contributed by atoms with Gasteiger partial charge in [0.1, 0.15) is 5.82 Å². The molecular weight excluding hydrogens is 331 g/mol. The van der Waals surface area contributed by atoms with E-state index in [9.17, 15) is 14.3 Å². The van der Waals surface area contributed by atoms with Crippen molar-refractivity contribution in [2.75, 3.05) is 0 Å². The molecule has 0 spiro atoms. The van der Waals surface area contributed by atoms with E-state index >= 15 is 0 Å². The third-order valence-electron chi connectivity index (χ3n) is 3.89. The summed E-state index contributed by atoms with van der Waals surface area (Å²) in [5.41, 5.74) is 0.578. The maximum atomic E-state index is 14.3. The molecular formula is C18H14ClFN2O2. The van der Waals surface area contributed by atoms with Crippen LogP contribution in [0.2, 0.25) is 5.02 Å². The second-order valence-corrected chi connectivity index (χ2v) is 6.05. The van der Waals surface area contributed by atoms with Gasteiger partial charge in [-0.1, -0.05) is 17.7 Å². The van der Waals surface area contributed by atoms with Crippen LogP contribution in [0.4, 0.5) is 4.39 Å². The number of nitrogens with zero attached hydrogens (tertiary/aromatic N) is 1. The summed E-state index contributed by atoms with van der Waals surface area (Å²) in [5.74, 6) is -1.51. The molecule has 0 fully saturated rings. The van der Waals surface area contributed by atoms with Gasteiger partial charge in [0.15, 0.2) is 0 Å². The van der Waals surface area contributed by atoms with Crippen molar-refractivity contribution in [2.24, 2.45) is 0 Å². The monoisotopic (exact) mass is 344 g/mol. The molecule has 1 aromatic carbocycles. The topological polar surface area (TPSA) is 62.2 Å². The average Bonchev–Trinajstić information content (AvgIpc) is 2.54. The molecule has 24 heavy (non-hydrogen) atoms. The molecule has 2 N–H and O–H groups in total. The molecule has 0 aliphatic carbocycles. The van der Waals surface area contributed by atoms with E-state index in [1.807, 2.05) is 0 Å². The van der Waals surface area contributed by atoms with Crippen molar-refractivity contribution in [2.45, 2.75) is 12.5 Å². The molecule has 1 aliphatic rings. The molecule has 6 heteroatoms. The minimum absolute atomic E-state index is 0.0919. The van der Waals surface area contributed by atoms with Crippen LogP contribution in [0.25, 0.3) is 5.57 Å². The van der Waals surface area contributed by atoms with Crippen molar-refractivity contribution in [1.82, 2.24) is 10.3 Å². The van der Waals surface area contributed by atoms with Crippen molar-refractivity contribution in [1.29, 1.82) is 0 Å². The molecule has 122 valence electrons. The van der Waals surface area contributed by atoms with Gasteiger partial charge >= 0.3 is 5.97 Å². The van der Waals surface area contributed by atoms with E-state index in [4.69, 9.17) is 11.6 Å². The zero-order valence-electron chi connectivity index (χ0n) is 12.8. The number of hydrogen-bond acceptors (Lipinski definition) is 3. The lowest BCUT2D eigenvalue weighted by molar-refractivity contribution is 0.0696. The Hall–Kier alpha value is -2.66. The Labute approximate surface area is 143 Å². The van der Waals surface area contributed by atoms with Gasteiger partial charge < -0.3 is 10.4 Å². The van der Waals surface area contributed by atoms with Crippen LogP contribution in [0.1, 0.15) is 28.5 Å². The summed E-state index contributed by atoms with van der Waals surface area (Å²) >= 11 is 5.82. The summed E-state index contributed by atoms with van der Waals surface area (Å²) in [6.45, 7) is 1.80. The second kappa shape index (κ2) is 6.09. The number of hydrogen-bond donors (Lipinski definition) is 2. The molecule has 0 bridgehead atoms. The van der Waals surface area contributed by atoms with E-state index in [1.165, 1.54) is 18.3 Å². The third kappa shape index (κ3) is 2.90. The Kier molecular flexibility index (Phi) is 4.11. The molecule has 3 rings (SSSR count). The van der Waals surface area contributed by atoms with Crippen LogP contribution in [-0.4, -0.2) is 16.1 Å². The quantitative estimate of drug-likeness (QED) is 0.883. The van der Waals surface area contributed by atoms with Crippen LogP contribution >= 0.6 is 11.6 Å². The van der Waals surface area contributed by atoms with Gasteiger partial charge in [0.05, 0.1) is 16.8 Å². The first-order valence-corrected chi connectivity index (χ1v) is 7.60. The lowest BCUT2D eigenvalue weighted by atomic mass is 9.86. The van der Waals surface area contributed by atoms with Gasteiger partial charge in [-0.15, -0.1) is 0 Å². The van der Waals surface area contributed by atoms with Crippen molar-refractivity contribution >= 4 is 23.1 Å². The smallest absolute Gasteiger partial charge is 0.337 e. The summed E-state index contributed by atoms with van der Waals surface area (Å²) in [4.78, 5) is 15.6. The number of carboxylic acids is 1. The van der Waals surface area contributed by atoms with Crippen LogP contribution in [0, 0.1) is 5.82 Å². The van der Waals surface area contributed by atoms with Crippen molar-refractivity contribution in [3.8, 4) is 0 Å². The maximum absolute atomic E-state index is 14.3. The van der Waals surface area contributed by atoms with Crippen LogP contribution in [0.5, 0.6) is 0 Å². The molecule has 1 atom stereocenters. The van der Waals surface area contributed by atoms with Gasteiger partial charge in [-0.3, -0.25) is 4.98 Å². The second-order valence-electron chi connectivity index (χ2n) is 5.61. The standard InChI is InChI=1S/C18H14ClFN2O2/c1-18(14-5-4-12(19)9-15(14)20)10-11(6-8-22-18)16-13(17(23)24)3-2-7-21-16/h2-10,22H,1H3,(H,23,24). The number of halogens is 2. The van der Waals surface area contributed by atoms with Crippen molar-refractivity contribution in [3.05, 3.63) is 82.5 Å². The number of allylic oxidation sites excluding steroid dienone is 2. The number of aromatic carboxylic acids is 1. The normalized spacial score (nSPS) is 19.5. The average molecular weight is 345 g/mol. The van der Waals surface area contributed by atoms with Gasteiger partial charge in [0.2, 0.25) is 0 Å². The number of pyridine rings is 1. The van der Waals surface area contributed by atoms with Crippen LogP contribution in [0.15, 0.2) is 54.9 Å². The Morgan fingerprint density at radius 3 is 2.88 bits per heavy atom. The zero-order chi connectivity index (χ0) is 17.3. The Morgan fingerprint density at radius 2 is 2.17 bits per heavy atom. The first kappa shape index (κ1) is 16.2. The molecule has 2 aromatic rings. The van der Waals surface area contributed by atoms with Crippen molar-refractivity contribution < 1.29 is 14.3 Å². The third-order valence-corrected chi connectivity index (χ3v) is 4.13. The molecule has 0 radical (unpaired) electrons. The summed E-state index contributed by atoms with van der Waals surface area (Å²) in [6.07, 6.45) is 6.65. The van der Waals surface area contributed by atoms with E-state index in [0.29, 0.717) is 21.9 Å². The van der Waals surface area contributed by atoms with Crippen LogP contribution in [-0.2, 0) is 5.54 Å². The van der Waals surface area contributed by atoms with E-state index < -0.39 is 17.3 Å². The lowest BCUT2D eigenvalue weighted by Gasteiger charge is -2.31. The maximum Gasteiger partial charge on any atom is 0.337 e. The lowest BCUT2D eigenvalue weighted by Crippen LogP contribution is -2.37. The van der Waals surface area contributed by atoms with E-state index in [2.05, 4.69) is 10.3 Å². The van der Waals surface area contributed by atoms with Gasteiger partial charge in [0, 0.05) is 22.4 Å². The summed E-state index contributed by atoms with van der Waals surface area (Å²) < 4.78 is 14.3. The largest absolute Gasteiger partial charge is 0.478 e. The zero-order valence-corrected chi connectivity index (χ0v) is 13.5. The number of carboxylic acid groups (broad SMARTS) is 1. The number of benzene rings is 1. The highest BCUT2D eigenvalue weighted by Crippen LogP contribution is 2.33. The number of aromatic nitrogens is 1. The summed E-state index contributed by atoms with van der Waals surface area (Å²) in [6, 6.07) is 7.52. The fourth-order valence-corrected chi connectivity index (χ4v) is 2.89. The predicted molar refractivity (Wildman–Crippen MR) is 90.2 cm³/mol. The summed E-state index contributed by atoms with van der Waals surface area (Å²) in [7, 11) is 0. The van der Waals surface area contributed by atoms with Crippen LogP contribution < -0.4 is 5.32 Å². The van der Waals surface area contributed by atoms with Gasteiger partial charge in [0.25, 0.3) is 0 Å². The molecule has 1 aliphatic heterocycles. The number of rotatable bonds is 3. The van der Waals surface area contributed by atoms with Gasteiger partial charge in [-0.2, -0.15) is 0 Å². The highest BCUT2D eigenvalue weighted by Gasteiger charge is 2.29. The summed E-state index contributed by atoms with van der Waals surface area (Å²) in [5, 5.41) is 12.8. The predicted octanol–water partition coefficient (Wildman–Crippen LogP) is 3.99. The molecule has 2 heterocycles. The van der Waals surface area contributed by atoms with Crippen molar-refractivity contribution in [3.63, 3.8) is 0 Å². The van der Waals surface area contributed by atoms with Gasteiger partial charge in [-0.05, 0) is 49.5 Å². The molecule has 0 saturated carbocycles. The highest BCUT2D eigenvalue weighted by molar-refractivity contribution is 6.30. The number of nitrogens with one attached hydrogen (secondary N) is 1. The minimum atomic E-state index is -1.06. The first-order chi connectivity index (χ1) is 11.4. The van der Waals surface area contributed by atoms with E-state index in [-0.39, 0.29) is 5.56 Å². The number of dihydropyridines is 1. The first-order valence-electron chi connectivity index (χ1n) is 7.22. The molecule has 0 saturated heterocycles. The van der Waals surface area contributed by atoms with Crippen LogP contribution in [0.3, 0.4) is 0 Å². The molecule has 1 unspecified atom stereocenters. The Bertz CT molecular complexity index is 879. The number of carbonyl (C=O) groups is 1. The highest BCUT2D eigenvalue weighted by atomic mass is 35.5. The molecule has 1 aromatic heterocycles. The van der Waals surface area contributed by atoms with E-state index in [0.717, 1.165) is 0 Å². The Morgan fingerprint density at radius 1 is 1.38 bits per heavy atom. The fourth-order valence-electron chi connectivity index (χ4n) is 2.73. The Balaban J connectivity index is 2.11. The van der Waals surface area contributed by atoms with E-state index in [1.54, 1.807) is 43.5 Å².